The van der Waals surface area contributed by atoms with Gasteiger partial charge in [0.05, 0.1) is 0 Å². The van der Waals surface area contributed by atoms with Crippen LogP contribution in [-0.2, 0) is 6.54 Å². The predicted molar refractivity (Wildman–Crippen MR) is 74.3 cm³/mol. The summed E-state index contributed by atoms with van der Waals surface area (Å²) in [6.07, 6.45) is 3.20. The highest BCUT2D eigenvalue weighted by molar-refractivity contribution is 5.71. The molecule has 1 aromatic heterocycles. The molecule has 0 radical (unpaired) electrons. The van der Waals surface area contributed by atoms with Crippen LogP contribution in [0.3, 0.4) is 0 Å². The van der Waals surface area contributed by atoms with E-state index in [0.29, 0.717) is 23.0 Å². The summed E-state index contributed by atoms with van der Waals surface area (Å²) in [5.41, 5.74) is 7.24. The van der Waals surface area contributed by atoms with Gasteiger partial charge in [-0.3, -0.25) is 0 Å². The van der Waals surface area contributed by atoms with Crippen LogP contribution in [0, 0.1) is 11.6 Å². The number of hydrogen-bond acceptors (Lipinski definition) is 2. The molecule has 0 unspecified atom stereocenters. The number of hydrogen-bond donors (Lipinski definition) is 1. The Bertz CT molecular complexity index is 645. The van der Waals surface area contributed by atoms with Crippen molar-refractivity contribution in [2.75, 3.05) is 5.73 Å². The summed E-state index contributed by atoms with van der Waals surface area (Å²) in [7, 11) is 0. The minimum Gasteiger partial charge on any atom is -0.383 e. The van der Waals surface area contributed by atoms with Crippen molar-refractivity contribution in [3.05, 3.63) is 35.7 Å². The van der Waals surface area contributed by atoms with Gasteiger partial charge < -0.3 is 10.3 Å². The molecule has 1 fully saturated rings. The molecule has 5 heteroatoms. The Morgan fingerprint density at radius 2 is 2.05 bits per heavy atom. The van der Waals surface area contributed by atoms with Gasteiger partial charge in [0.25, 0.3) is 0 Å². The Balaban J connectivity index is 2.08. The van der Waals surface area contributed by atoms with Gasteiger partial charge in [-0.05, 0) is 37.5 Å². The van der Waals surface area contributed by atoms with Gasteiger partial charge in [-0.1, -0.05) is 6.92 Å². The molecule has 0 saturated heterocycles. The van der Waals surface area contributed by atoms with E-state index in [4.69, 9.17) is 5.73 Å². The fourth-order valence-corrected chi connectivity index (χ4v) is 2.45. The van der Waals surface area contributed by atoms with Crippen molar-refractivity contribution < 1.29 is 8.78 Å². The zero-order chi connectivity index (χ0) is 14.3. The second kappa shape index (κ2) is 4.89. The smallest absolute Gasteiger partial charge is 0.159 e. The van der Waals surface area contributed by atoms with Crippen molar-refractivity contribution in [3.63, 3.8) is 0 Å². The summed E-state index contributed by atoms with van der Waals surface area (Å²) >= 11 is 0. The van der Waals surface area contributed by atoms with Crippen molar-refractivity contribution in [1.29, 1.82) is 0 Å². The van der Waals surface area contributed by atoms with E-state index in [-0.39, 0.29) is 0 Å². The molecule has 0 bridgehead atoms. The summed E-state index contributed by atoms with van der Waals surface area (Å²) in [6.45, 7) is 2.88. The topological polar surface area (TPSA) is 43.8 Å². The highest BCUT2D eigenvalue weighted by Crippen LogP contribution is 2.42. The van der Waals surface area contributed by atoms with Gasteiger partial charge in [-0.15, -0.1) is 0 Å². The SMILES string of the molecule is CCCn1c(C2CC2)nc(-c2ccc(F)c(F)c2)c1N. The number of nitrogen functional groups attached to an aromatic ring is 1. The normalized spacial score (nSPS) is 14.8. The molecular weight excluding hydrogens is 260 g/mol. The summed E-state index contributed by atoms with van der Waals surface area (Å²) in [6, 6.07) is 3.78. The molecule has 1 heterocycles. The highest BCUT2D eigenvalue weighted by Gasteiger charge is 2.30. The van der Waals surface area contributed by atoms with E-state index in [2.05, 4.69) is 11.9 Å². The van der Waals surface area contributed by atoms with E-state index in [0.717, 1.165) is 43.8 Å². The molecular formula is C15H17F2N3. The number of aromatic nitrogens is 2. The number of nitrogens with zero attached hydrogens (tertiary/aromatic N) is 2. The van der Waals surface area contributed by atoms with Crippen LogP contribution in [0.25, 0.3) is 11.3 Å². The molecule has 20 heavy (non-hydrogen) atoms. The van der Waals surface area contributed by atoms with E-state index in [1.54, 1.807) is 0 Å². The Labute approximate surface area is 116 Å². The maximum Gasteiger partial charge on any atom is 0.159 e. The van der Waals surface area contributed by atoms with Crippen molar-refractivity contribution >= 4 is 5.82 Å². The van der Waals surface area contributed by atoms with Gasteiger partial charge in [0.2, 0.25) is 0 Å². The maximum absolute atomic E-state index is 13.4. The van der Waals surface area contributed by atoms with Crippen LogP contribution in [0.4, 0.5) is 14.6 Å². The third-order valence-corrected chi connectivity index (χ3v) is 3.62. The first-order valence-electron chi connectivity index (χ1n) is 6.93. The number of nitrogens with two attached hydrogens (primary N) is 1. The fourth-order valence-electron chi connectivity index (χ4n) is 2.45. The molecule has 1 aromatic carbocycles. The Morgan fingerprint density at radius 3 is 2.65 bits per heavy atom. The number of imidazole rings is 1. The molecule has 3 nitrogen and oxygen atoms in total. The van der Waals surface area contributed by atoms with Crippen LogP contribution in [0.2, 0.25) is 0 Å². The Morgan fingerprint density at radius 1 is 1.30 bits per heavy atom. The first-order chi connectivity index (χ1) is 9.61. The molecule has 0 amide bonds. The van der Waals surface area contributed by atoms with Gasteiger partial charge in [-0.25, -0.2) is 13.8 Å². The van der Waals surface area contributed by atoms with Crippen LogP contribution in [-0.4, -0.2) is 9.55 Å². The van der Waals surface area contributed by atoms with Crippen molar-refractivity contribution in [2.45, 2.75) is 38.6 Å². The zero-order valence-electron chi connectivity index (χ0n) is 11.4. The second-order valence-corrected chi connectivity index (χ2v) is 5.26. The lowest BCUT2D eigenvalue weighted by atomic mass is 10.1. The molecule has 1 saturated carbocycles. The van der Waals surface area contributed by atoms with E-state index >= 15 is 0 Å². The molecule has 3 rings (SSSR count). The minimum absolute atomic E-state index is 0.461. The predicted octanol–water partition coefficient (Wildman–Crippen LogP) is 3.70. The van der Waals surface area contributed by atoms with Crippen molar-refractivity contribution in [3.8, 4) is 11.3 Å². The lowest BCUT2D eigenvalue weighted by Crippen LogP contribution is -2.06. The second-order valence-electron chi connectivity index (χ2n) is 5.26. The average molecular weight is 277 g/mol. The quantitative estimate of drug-likeness (QED) is 0.926. The fraction of sp³-hybridized carbons (Fsp3) is 0.400. The lowest BCUT2D eigenvalue weighted by molar-refractivity contribution is 0.509. The van der Waals surface area contributed by atoms with Gasteiger partial charge in [0.1, 0.15) is 17.3 Å². The summed E-state index contributed by atoms with van der Waals surface area (Å²) in [5, 5.41) is 0. The molecule has 1 aliphatic carbocycles. The largest absolute Gasteiger partial charge is 0.383 e. The molecule has 2 N–H and O–H groups in total. The van der Waals surface area contributed by atoms with E-state index < -0.39 is 11.6 Å². The number of halogens is 2. The maximum atomic E-state index is 13.4. The van der Waals surface area contributed by atoms with Gasteiger partial charge in [-0.2, -0.15) is 0 Å². The standard InChI is InChI=1S/C15H17F2N3/c1-2-7-20-14(18)13(19-15(20)9-3-4-9)10-5-6-11(16)12(17)8-10/h5-6,8-9H,2-4,7,18H2,1H3. The molecule has 0 aliphatic heterocycles. The molecule has 106 valence electrons. The molecule has 0 atom stereocenters. The molecule has 0 spiro atoms. The van der Waals surface area contributed by atoms with Crippen LogP contribution < -0.4 is 5.73 Å². The van der Waals surface area contributed by atoms with Gasteiger partial charge >= 0.3 is 0 Å². The van der Waals surface area contributed by atoms with Crippen molar-refractivity contribution in [2.24, 2.45) is 0 Å². The third kappa shape index (κ3) is 2.17. The first kappa shape index (κ1) is 13.1. The zero-order valence-corrected chi connectivity index (χ0v) is 11.4. The monoisotopic (exact) mass is 277 g/mol. The highest BCUT2D eigenvalue weighted by atomic mass is 19.2. The number of benzene rings is 1. The third-order valence-electron chi connectivity index (χ3n) is 3.62. The van der Waals surface area contributed by atoms with Crippen LogP contribution in [0.5, 0.6) is 0 Å². The van der Waals surface area contributed by atoms with Crippen molar-refractivity contribution in [1.82, 2.24) is 9.55 Å². The van der Waals surface area contributed by atoms with Crippen LogP contribution in [0.1, 0.15) is 37.9 Å². The van der Waals surface area contributed by atoms with E-state index in [1.165, 1.54) is 6.07 Å². The van der Waals surface area contributed by atoms with Crippen LogP contribution in [0.15, 0.2) is 18.2 Å². The lowest BCUT2D eigenvalue weighted by Gasteiger charge is -2.07. The number of rotatable bonds is 4. The van der Waals surface area contributed by atoms with Gasteiger partial charge in [0, 0.05) is 18.0 Å². The first-order valence-corrected chi connectivity index (χ1v) is 6.93. The summed E-state index contributed by atoms with van der Waals surface area (Å²) in [5.74, 6) is 0.245. The van der Waals surface area contributed by atoms with Gasteiger partial charge in [0.15, 0.2) is 11.6 Å². The molecule has 2 aromatic rings. The summed E-state index contributed by atoms with van der Waals surface area (Å²) < 4.78 is 28.4. The van der Waals surface area contributed by atoms with Crippen LogP contribution >= 0.6 is 0 Å². The Kier molecular flexibility index (Phi) is 3.20. The number of anilines is 1. The average Bonchev–Trinajstić information content (AvgIpc) is 3.21. The van der Waals surface area contributed by atoms with E-state index in [1.807, 2.05) is 4.57 Å². The minimum atomic E-state index is -0.875. The summed E-state index contributed by atoms with van der Waals surface area (Å²) in [4.78, 5) is 4.58. The molecule has 1 aliphatic rings. The van der Waals surface area contributed by atoms with E-state index in [9.17, 15) is 8.78 Å². The Hall–Kier alpha value is -1.91.